The molecule has 2 aromatic carbocycles. The van der Waals surface area contributed by atoms with Crippen LogP contribution in [0, 0.1) is 6.92 Å². The van der Waals surface area contributed by atoms with Crippen LogP contribution in [-0.4, -0.2) is 109 Å². The number of aromatic hydroxyl groups is 2. The Bertz CT molecular complexity index is 1460. The van der Waals surface area contributed by atoms with Crippen LogP contribution in [0.2, 0.25) is 0 Å². The molecule has 0 spiro atoms. The first-order chi connectivity index (χ1) is 18.9. The van der Waals surface area contributed by atoms with Gasteiger partial charge in [0, 0.05) is 6.07 Å². The Balaban J connectivity index is 1.43. The van der Waals surface area contributed by atoms with Crippen LogP contribution in [0.3, 0.4) is 0 Å². The fourth-order valence-electron chi connectivity index (χ4n) is 5.03. The van der Waals surface area contributed by atoms with E-state index in [0.717, 1.165) is 12.1 Å². The molecule has 10 atom stereocenters. The van der Waals surface area contributed by atoms with Crippen molar-refractivity contribution in [2.24, 2.45) is 0 Å². The third-order valence-electron chi connectivity index (χ3n) is 7.20. The van der Waals surface area contributed by atoms with E-state index in [-0.39, 0.29) is 33.6 Å². The molecule has 1 aromatic heterocycles. The zero-order valence-electron chi connectivity index (χ0n) is 21.3. The van der Waals surface area contributed by atoms with Crippen molar-refractivity contribution in [3.8, 4) is 17.2 Å². The number of aliphatic hydroxyl groups is 6. The Morgan fingerprint density at radius 2 is 1.48 bits per heavy atom. The number of phenolic OH excluding ortho intramolecular Hbond substituents is 2. The molecule has 3 aromatic rings. The third-order valence-corrected chi connectivity index (χ3v) is 7.20. The first-order valence-electron chi connectivity index (χ1n) is 12.5. The molecule has 0 amide bonds. The van der Waals surface area contributed by atoms with Crippen LogP contribution in [-0.2, 0) is 14.2 Å². The molecule has 0 unspecified atom stereocenters. The number of hydrogen-bond donors (Lipinski definition) is 8. The number of hydrogen-bond acceptors (Lipinski definition) is 14. The van der Waals surface area contributed by atoms with Crippen molar-refractivity contribution in [3.63, 3.8) is 0 Å². The number of benzene rings is 2. The van der Waals surface area contributed by atoms with Crippen LogP contribution in [0.4, 0.5) is 0 Å². The molecule has 40 heavy (non-hydrogen) atoms. The molecule has 2 saturated heterocycles. The minimum atomic E-state index is -1.78. The standard InChI is InChI=1S/C26H30O14/c1-8-3-10-4-11(27)5-12(28)17(10)24-16(8)13(6-15(29)40-24)38-26-23(35)21(33)19(31)14(39-26)7-36-25-22(34)20(32)18(30)9(2)37-25/h3-6,9,14,18-23,25-28,30-35H,7H2,1-2H3/t9-,14+,18-,19+,20+,21-,22+,23+,25+,26+/m0/s1. The van der Waals surface area contributed by atoms with Crippen molar-refractivity contribution in [1.82, 2.24) is 0 Å². The maximum atomic E-state index is 12.5. The quantitative estimate of drug-likeness (QED) is 0.133. The number of aliphatic hydroxyl groups excluding tert-OH is 6. The summed E-state index contributed by atoms with van der Waals surface area (Å²) in [5, 5.41) is 82.7. The molecule has 2 aliphatic rings. The fourth-order valence-corrected chi connectivity index (χ4v) is 5.03. The van der Waals surface area contributed by atoms with E-state index in [2.05, 4.69) is 0 Å². The molecular formula is C26H30O14. The summed E-state index contributed by atoms with van der Waals surface area (Å²) in [5.74, 6) is -0.684. The number of phenols is 2. The van der Waals surface area contributed by atoms with Crippen LogP contribution in [0.15, 0.2) is 33.5 Å². The van der Waals surface area contributed by atoms with E-state index < -0.39 is 73.6 Å². The first-order valence-corrected chi connectivity index (χ1v) is 12.5. The lowest BCUT2D eigenvalue weighted by Crippen LogP contribution is -2.61. The van der Waals surface area contributed by atoms with E-state index >= 15 is 0 Å². The average Bonchev–Trinajstić information content (AvgIpc) is 2.88. The Hall–Kier alpha value is -3.05. The Kier molecular flexibility index (Phi) is 7.64. The summed E-state index contributed by atoms with van der Waals surface area (Å²) >= 11 is 0. The highest BCUT2D eigenvalue weighted by Gasteiger charge is 2.47. The summed E-state index contributed by atoms with van der Waals surface area (Å²) in [4.78, 5) is 12.5. The highest BCUT2D eigenvalue weighted by atomic mass is 16.7. The van der Waals surface area contributed by atoms with Crippen molar-refractivity contribution in [1.29, 1.82) is 0 Å². The fraction of sp³-hybridized carbons (Fsp3) is 0.500. The van der Waals surface area contributed by atoms with E-state index in [9.17, 15) is 45.6 Å². The van der Waals surface area contributed by atoms with Crippen LogP contribution >= 0.6 is 0 Å². The third kappa shape index (κ3) is 4.98. The summed E-state index contributed by atoms with van der Waals surface area (Å²) in [7, 11) is 0. The summed E-state index contributed by atoms with van der Waals surface area (Å²) in [6.07, 6.45) is -15.0. The second-order valence-corrected chi connectivity index (χ2v) is 10.0. The molecule has 2 aliphatic heterocycles. The van der Waals surface area contributed by atoms with Crippen LogP contribution in [0.1, 0.15) is 12.5 Å². The van der Waals surface area contributed by atoms with Gasteiger partial charge in [0.2, 0.25) is 6.29 Å². The van der Waals surface area contributed by atoms with Crippen molar-refractivity contribution in [3.05, 3.63) is 40.2 Å². The van der Waals surface area contributed by atoms with Gasteiger partial charge in [-0.05, 0) is 30.9 Å². The minimum absolute atomic E-state index is 0.0564. The Morgan fingerprint density at radius 1 is 0.800 bits per heavy atom. The normalized spacial score (nSPS) is 34.8. The second-order valence-electron chi connectivity index (χ2n) is 10.0. The van der Waals surface area contributed by atoms with Gasteiger partial charge in [-0.15, -0.1) is 0 Å². The topological polar surface area (TPSA) is 229 Å². The lowest BCUT2D eigenvalue weighted by atomic mass is 9.98. The van der Waals surface area contributed by atoms with Gasteiger partial charge < -0.3 is 64.2 Å². The van der Waals surface area contributed by atoms with E-state index in [0.29, 0.717) is 10.9 Å². The molecule has 218 valence electrons. The van der Waals surface area contributed by atoms with Crippen molar-refractivity contribution >= 4 is 21.7 Å². The molecule has 3 heterocycles. The van der Waals surface area contributed by atoms with Gasteiger partial charge in [-0.1, -0.05) is 6.07 Å². The van der Waals surface area contributed by atoms with Crippen molar-refractivity contribution in [2.45, 2.75) is 75.3 Å². The van der Waals surface area contributed by atoms with Gasteiger partial charge in [-0.3, -0.25) is 0 Å². The average molecular weight is 567 g/mol. The monoisotopic (exact) mass is 566 g/mol. The lowest BCUT2D eigenvalue weighted by molar-refractivity contribution is -0.318. The van der Waals surface area contributed by atoms with Gasteiger partial charge in [0.1, 0.15) is 60.0 Å². The van der Waals surface area contributed by atoms with E-state index in [1.807, 2.05) is 0 Å². The predicted molar refractivity (Wildman–Crippen MR) is 134 cm³/mol. The second kappa shape index (κ2) is 10.7. The van der Waals surface area contributed by atoms with E-state index in [4.69, 9.17) is 23.4 Å². The highest BCUT2D eigenvalue weighted by Crippen LogP contribution is 2.40. The number of ether oxygens (including phenoxy) is 4. The Labute approximate surface area is 225 Å². The van der Waals surface area contributed by atoms with Crippen molar-refractivity contribution in [2.75, 3.05) is 6.61 Å². The molecular weight excluding hydrogens is 536 g/mol. The Morgan fingerprint density at radius 3 is 2.20 bits per heavy atom. The zero-order chi connectivity index (χ0) is 29.0. The number of rotatable bonds is 5. The smallest absolute Gasteiger partial charge is 0.339 e. The molecule has 0 aliphatic carbocycles. The summed E-state index contributed by atoms with van der Waals surface area (Å²) in [6.45, 7) is 2.62. The van der Waals surface area contributed by atoms with E-state index in [1.54, 1.807) is 13.0 Å². The molecule has 5 rings (SSSR count). The van der Waals surface area contributed by atoms with Crippen LogP contribution in [0.25, 0.3) is 21.7 Å². The van der Waals surface area contributed by atoms with Gasteiger partial charge in [0.15, 0.2) is 11.9 Å². The maximum absolute atomic E-state index is 12.5. The molecule has 8 N–H and O–H groups in total. The molecule has 0 radical (unpaired) electrons. The van der Waals surface area contributed by atoms with Crippen molar-refractivity contribution < 1.29 is 64.2 Å². The number of fused-ring (bicyclic) bond motifs is 3. The van der Waals surface area contributed by atoms with Crippen LogP contribution in [0.5, 0.6) is 17.2 Å². The SMILES string of the molecule is Cc1cc2cc(O)cc(O)c2c2oc(=O)cc(O[C@@H]3O[C@H](CO[C@@H]4O[C@@H](C)[C@H](O)[C@@H](O)[C@H]4O)[C@@H](O)[C@H](O)[C@H]3O)c12. The predicted octanol–water partition coefficient (Wildman–Crippen LogP) is -1.30. The summed E-state index contributed by atoms with van der Waals surface area (Å²) in [5.41, 5.74) is -0.416. The lowest BCUT2D eigenvalue weighted by Gasteiger charge is -2.42. The molecule has 2 fully saturated rings. The highest BCUT2D eigenvalue weighted by molar-refractivity contribution is 6.10. The van der Waals surface area contributed by atoms with Crippen LogP contribution < -0.4 is 10.4 Å². The molecule has 14 nitrogen and oxygen atoms in total. The minimum Gasteiger partial charge on any atom is -0.508 e. The summed E-state index contributed by atoms with van der Waals surface area (Å²) in [6, 6.07) is 5.05. The van der Waals surface area contributed by atoms with Gasteiger partial charge in [0.05, 0.1) is 29.5 Å². The van der Waals surface area contributed by atoms with Gasteiger partial charge in [0.25, 0.3) is 0 Å². The first kappa shape index (κ1) is 28.5. The zero-order valence-corrected chi connectivity index (χ0v) is 21.3. The largest absolute Gasteiger partial charge is 0.508 e. The number of aryl methyl sites for hydroxylation is 1. The molecule has 14 heteroatoms. The molecule has 0 bridgehead atoms. The summed E-state index contributed by atoms with van der Waals surface area (Å²) < 4.78 is 27.7. The molecule has 0 saturated carbocycles. The maximum Gasteiger partial charge on any atom is 0.339 e. The van der Waals surface area contributed by atoms with Gasteiger partial charge in [-0.2, -0.15) is 0 Å². The van der Waals surface area contributed by atoms with Gasteiger partial charge >= 0.3 is 5.63 Å². The van der Waals surface area contributed by atoms with E-state index in [1.165, 1.54) is 13.0 Å². The van der Waals surface area contributed by atoms with Gasteiger partial charge in [-0.25, -0.2) is 4.79 Å².